The quantitative estimate of drug-likeness (QED) is 0.262. The van der Waals surface area contributed by atoms with Crippen molar-refractivity contribution < 1.29 is 32.2 Å². The van der Waals surface area contributed by atoms with E-state index in [4.69, 9.17) is 9.47 Å². The molecule has 4 rings (SSSR count). The molecule has 186 valence electrons. The average molecular weight is 495 g/mol. The highest BCUT2D eigenvalue weighted by Gasteiger charge is 2.31. The van der Waals surface area contributed by atoms with Crippen LogP contribution in [0.2, 0.25) is 0 Å². The first kappa shape index (κ1) is 25.2. The van der Waals surface area contributed by atoms with Crippen molar-refractivity contribution in [3.63, 3.8) is 0 Å². The van der Waals surface area contributed by atoms with Crippen LogP contribution in [-0.2, 0) is 16.0 Å². The molecule has 0 aliphatic heterocycles. The number of alkyl halides is 3. The van der Waals surface area contributed by atoms with E-state index in [1.807, 2.05) is 42.5 Å². The van der Waals surface area contributed by atoms with Crippen molar-refractivity contribution in [1.29, 1.82) is 0 Å². The molecule has 0 saturated heterocycles. The highest BCUT2D eigenvalue weighted by Crippen LogP contribution is 2.40. The Hall–Kier alpha value is -3.92. The highest BCUT2D eigenvalue weighted by molar-refractivity contribution is 5.71. The molecular weight excluding hydrogens is 469 g/mol. The Balaban J connectivity index is 1.49. The lowest BCUT2D eigenvalue weighted by atomic mass is 9.96. The molecular formula is C29H25F3O4. The molecule has 4 nitrogen and oxygen atoms in total. The Morgan fingerprint density at radius 3 is 2.36 bits per heavy atom. The van der Waals surface area contributed by atoms with Gasteiger partial charge in [-0.3, -0.25) is 4.79 Å². The molecule has 0 spiro atoms. The Morgan fingerprint density at radius 2 is 1.72 bits per heavy atom. The van der Waals surface area contributed by atoms with E-state index in [2.05, 4.69) is 16.6 Å². The van der Waals surface area contributed by atoms with Crippen LogP contribution in [0.3, 0.4) is 0 Å². The first-order chi connectivity index (χ1) is 17.3. The van der Waals surface area contributed by atoms with Crippen LogP contribution in [0.5, 0.6) is 11.5 Å². The van der Waals surface area contributed by atoms with Crippen molar-refractivity contribution in [2.24, 2.45) is 0 Å². The standard InChI is InChI=1S/C29H25F3O4/c1-3-5-21(18-28(33)34-2)19-8-12-22(13-9-19)35-27-17-16-25-24(6-4-7-26(25)27)20-10-14-23(15-11-20)36-29(30,31)32/h4,6-15,21,27H,16-18H2,1-2H3/t21-,27?/m0/s1. The summed E-state index contributed by atoms with van der Waals surface area (Å²) in [4.78, 5) is 11.7. The molecule has 7 heteroatoms. The smallest absolute Gasteiger partial charge is 0.486 e. The number of rotatable bonds is 7. The summed E-state index contributed by atoms with van der Waals surface area (Å²) in [6.07, 6.45) is -3.10. The third kappa shape index (κ3) is 6.01. The number of carbonyl (C=O) groups excluding carboxylic acids is 1. The van der Waals surface area contributed by atoms with Crippen LogP contribution < -0.4 is 9.47 Å². The predicted octanol–water partition coefficient (Wildman–Crippen LogP) is 6.99. The zero-order chi connectivity index (χ0) is 25.7. The fourth-order valence-electron chi connectivity index (χ4n) is 4.46. The molecule has 0 N–H and O–H groups in total. The number of fused-ring (bicyclic) bond motifs is 1. The fraction of sp³-hybridized carbons (Fsp3) is 0.276. The van der Waals surface area contributed by atoms with Gasteiger partial charge in [-0.25, -0.2) is 0 Å². The van der Waals surface area contributed by atoms with E-state index in [1.165, 1.54) is 19.2 Å². The zero-order valence-corrected chi connectivity index (χ0v) is 19.9. The third-order valence-electron chi connectivity index (χ3n) is 6.09. The van der Waals surface area contributed by atoms with Gasteiger partial charge in [0.05, 0.1) is 19.4 Å². The number of hydrogen-bond acceptors (Lipinski definition) is 4. The first-order valence-electron chi connectivity index (χ1n) is 11.5. The van der Waals surface area contributed by atoms with Gasteiger partial charge >= 0.3 is 12.3 Å². The van der Waals surface area contributed by atoms with Crippen LogP contribution in [0.15, 0.2) is 66.7 Å². The molecule has 0 amide bonds. The summed E-state index contributed by atoms with van der Waals surface area (Å²) in [5, 5.41) is 0. The second-order valence-corrected chi connectivity index (χ2v) is 8.39. The fourth-order valence-corrected chi connectivity index (χ4v) is 4.46. The summed E-state index contributed by atoms with van der Waals surface area (Å²) in [6, 6.07) is 19.4. The second kappa shape index (κ2) is 10.8. The minimum absolute atomic E-state index is 0.139. The predicted molar refractivity (Wildman–Crippen MR) is 130 cm³/mol. The number of hydrogen-bond donors (Lipinski definition) is 0. The lowest BCUT2D eigenvalue weighted by molar-refractivity contribution is -0.274. The van der Waals surface area contributed by atoms with E-state index < -0.39 is 6.36 Å². The van der Waals surface area contributed by atoms with Crippen molar-refractivity contribution in [2.45, 2.75) is 44.6 Å². The molecule has 0 heterocycles. The average Bonchev–Trinajstić information content (AvgIpc) is 3.26. The Kier molecular flexibility index (Phi) is 7.54. The largest absolute Gasteiger partial charge is 0.573 e. The van der Waals surface area contributed by atoms with E-state index in [0.29, 0.717) is 5.75 Å². The number of halogens is 3. The van der Waals surface area contributed by atoms with Crippen molar-refractivity contribution >= 4 is 5.97 Å². The number of esters is 1. The summed E-state index contributed by atoms with van der Waals surface area (Å²) in [5.74, 6) is 5.81. The van der Waals surface area contributed by atoms with E-state index in [1.54, 1.807) is 19.1 Å². The van der Waals surface area contributed by atoms with Gasteiger partial charge in [0.25, 0.3) is 0 Å². The molecule has 0 saturated carbocycles. The molecule has 3 aromatic rings. The lowest BCUT2D eigenvalue weighted by Crippen LogP contribution is -2.16. The molecule has 0 fully saturated rings. The molecule has 0 bridgehead atoms. The normalized spacial score (nSPS) is 15.3. The maximum atomic E-state index is 12.5. The van der Waals surface area contributed by atoms with E-state index in [9.17, 15) is 18.0 Å². The summed E-state index contributed by atoms with van der Waals surface area (Å²) >= 11 is 0. The monoisotopic (exact) mass is 494 g/mol. The van der Waals surface area contributed by atoms with E-state index >= 15 is 0 Å². The summed E-state index contributed by atoms with van der Waals surface area (Å²) < 4.78 is 52.4. The molecule has 36 heavy (non-hydrogen) atoms. The van der Waals surface area contributed by atoms with Crippen molar-refractivity contribution in [2.75, 3.05) is 7.11 Å². The Morgan fingerprint density at radius 1 is 1.03 bits per heavy atom. The Labute approximate surface area is 208 Å². The van der Waals surface area contributed by atoms with Crippen LogP contribution in [0.1, 0.15) is 48.5 Å². The number of benzene rings is 3. The van der Waals surface area contributed by atoms with Crippen molar-refractivity contribution in [3.8, 4) is 34.5 Å². The molecule has 2 atom stereocenters. The van der Waals surface area contributed by atoms with Gasteiger partial charge in [-0.05, 0) is 71.8 Å². The minimum atomic E-state index is -4.72. The first-order valence-corrected chi connectivity index (χ1v) is 11.5. The van der Waals surface area contributed by atoms with Crippen molar-refractivity contribution in [3.05, 3.63) is 83.4 Å². The summed E-state index contributed by atoms with van der Waals surface area (Å²) in [7, 11) is 1.36. The molecule has 0 aromatic heterocycles. The molecule has 0 radical (unpaired) electrons. The number of methoxy groups -OCH3 is 1. The van der Waals surface area contributed by atoms with Gasteiger partial charge in [0, 0.05) is 0 Å². The highest BCUT2D eigenvalue weighted by atomic mass is 19.4. The van der Waals surface area contributed by atoms with Gasteiger partial charge in [-0.15, -0.1) is 19.1 Å². The van der Waals surface area contributed by atoms with E-state index in [-0.39, 0.29) is 30.2 Å². The molecule has 3 aromatic carbocycles. The zero-order valence-electron chi connectivity index (χ0n) is 19.9. The Bertz CT molecular complexity index is 1270. The second-order valence-electron chi connectivity index (χ2n) is 8.39. The third-order valence-corrected chi connectivity index (χ3v) is 6.09. The lowest BCUT2D eigenvalue weighted by Gasteiger charge is -2.17. The van der Waals surface area contributed by atoms with Crippen molar-refractivity contribution in [1.82, 2.24) is 0 Å². The van der Waals surface area contributed by atoms with Crippen LogP contribution in [0.25, 0.3) is 11.1 Å². The topological polar surface area (TPSA) is 44.8 Å². The van der Waals surface area contributed by atoms with Gasteiger partial charge in [-0.2, -0.15) is 0 Å². The van der Waals surface area contributed by atoms with Gasteiger partial charge in [0.15, 0.2) is 0 Å². The SMILES string of the molecule is CC#C[C@@H](CC(=O)OC)c1ccc(OC2CCc3c(-c4ccc(OC(F)(F)F)cc4)cccc32)cc1. The van der Waals surface area contributed by atoms with Crippen LogP contribution in [0, 0.1) is 11.8 Å². The maximum absolute atomic E-state index is 12.5. The van der Waals surface area contributed by atoms with E-state index in [0.717, 1.165) is 40.7 Å². The summed E-state index contributed by atoms with van der Waals surface area (Å²) in [5.41, 5.74) is 4.89. The van der Waals surface area contributed by atoms with Gasteiger partial charge in [0.2, 0.25) is 0 Å². The van der Waals surface area contributed by atoms with Crippen LogP contribution >= 0.6 is 0 Å². The van der Waals surface area contributed by atoms with Gasteiger partial charge < -0.3 is 14.2 Å². The minimum Gasteiger partial charge on any atom is -0.486 e. The molecule has 1 aliphatic rings. The number of carbonyl (C=O) groups is 1. The maximum Gasteiger partial charge on any atom is 0.573 e. The van der Waals surface area contributed by atoms with Gasteiger partial charge in [-0.1, -0.05) is 48.4 Å². The molecule has 1 unspecified atom stereocenters. The number of ether oxygens (including phenoxy) is 3. The molecule has 1 aliphatic carbocycles. The summed E-state index contributed by atoms with van der Waals surface area (Å²) in [6.45, 7) is 1.73. The van der Waals surface area contributed by atoms with Crippen LogP contribution in [0.4, 0.5) is 13.2 Å². The van der Waals surface area contributed by atoms with Crippen LogP contribution in [-0.4, -0.2) is 19.4 Å². The van der Waals surface area contributed by atoms with Gasteiger partial charge in [0.1, 0.15) is 17.6 Å².